The van der Waals surface area contributed by atoms with Gasteiger partial charge in [0.25, 0.3) is 5.78 Å². The zero-order valence-corrected chi connectivity index (χ0v) is 7.80. The molecule has 15 heavy (non-hydrogen) atoms. The normalized spacial score (nSPS) is 20.1. The summed E-state index contributed by atoms with van der Waals surface area (Å²) in [6.45, 7) is -0.134. The maximum absolute atomic E-state index is 11.7. The molecule has 1 aliphatic rings. The van der Waals surface area contributed by atoms with Gasteiger partial charge < -0.3 is 4.74 Å². The van der Waals surface area contributed by atoms with Crippen molar-refractivity contribution in [2.75, 3.05) is 6.61 Å². The largest absolute Gasteiger partial charge is 0.459 e. The highest BCUT2D eigenvalue weighted by atomic mass is 16.5. The van der Waals surface area contributed by atoms with Gasteiger partial charge in [0.15, 0.2) is 5.78 Å². The number of rotatable bonds is 2. The lowest BCUT2D eigenvalue weighted by atomic mass is 9.96. The van der Waals surface area contributed by atoms with Crippen LogP contribution in [0.1, 0.15) is 10.4 Å². The molecule has 1 aliphatic heterocycles. The third-order valence-corrected chi connectivity index (χ3v) is 2.27. The Labute approximate surface area is 85.8 Å². The molecule has 2 rings (SSSR count). The van der Waals surface area contributed by atoms with Crippen molar-refractivity contribution in [3.8, 4) is 0 Å². The number of Topliss-reactive ketones (excluding diaryl/α,β-unsaturated/α-hetero) is 2. The van der Waals surface area contributed by atoms with Gasteiger partial charge in [-0.05, 0) is 0 Å². The summed E-state index contributed by atoms with van der Waals surface area (Å²) in [7, 11) is 0. The monoisotopic (exact) mass is 204 g/mol. The molecule has 0 radical (unpaired) electrons. The molecule has 1 unspecified atom stereocenters. The van der Waals surface area contributed by atoms with Gasteiger partial charge in [-0.25, -0.2) is 4.79 Å². The van der Waals surface area contributed by atoms with Crippen LogP contribution in [0.25, 0.3) is 0 Å². The third kappa shape index (κ3) is 1.66. The molecule has 1 aromatic rings. The number of esters is 1. The summed E-state index contributed by atoms with van der Waals surface area (Å²) in [4.78, 5) is 33.8. The fourth-order valence-electron chi connectivity index (χ4n) is 1.45. The van der Waals surface area contributed by atoms with Gasteiger partial charge in [-0.15, -0.1) is 0 Å². The fraction of sp³-hybridized carbons (Fsp3) is 0.182. The summed E-state index contributed by atoms with van der Waals surface area (Å²) in [6.07, 6.45) is 0. The highest BCUT2D eigenvalue weighted by molar-refractivity contribution is 6.41. The highest BCUT2D eigenvalue weighted by Crippen LogP contribution is 2.16. The van der Waals surface area contributed by atoms with Gasteiger partial charge in [0, 0.05) is 5.56 Å². The molecule has 1 atom stereocenters. The molecule has 1 saturated heterocycles. The van der Waals surface area contributed by atoms with Crippen LogP contribution in [0.2, 0.25) is 0 Å². The molecule has 0 aromatic heterocycles. The van der Waals surface area contributed by atoms with Gasteiger partial charge in [0.1, 0.15) is 12.5 Å². The molecule has 0 aliphatic carbocycles. The molecule has 76 valence electrons. The van der Waals surface area contributed by atoms with Crippen LogP contribution in [-0.4, -0.2) is 24.1 Å². The van der Waals surface area contributed by atoms with E-state index in [-0.39, 0.29) is 12.4 Å². The summed E-state index contributed by atoms with van der Waals surface area (Å²) in [6, 6.07) is 8.40. The fourth-order valence-corrected chi connectivity index (χ4v) is 1.45. The Kier molecular flexibility index (Phi) is 2.33. The first-order valence-electron chi connectivity index (χ1n) is 4.50. The molecular formula is C11H8O4. The number of ether oxygens (including phenoxy) is 1. The smallest absolute Gasteiger partial charge is 0.375 e. The van der Waals surface area contributed by atoms with Gasteiger partial charge in [-0.1, -0.05) is 30.3 Å². The molecule has 1 heterocycles. The molecule has 4 heteroatoms. The molecule has 1 fully saturated rings. The van der Waals surface area contributed by atoms with Crippen LogP contribution >= 0.6 is 0 Å². The first kappa shape index (κ1) is 9.58. The number of benzene rings is 1. The van der Waals surface area contributed by atoms with Crippen molar-refractivity contribution < 1.29 is 19.1 Å². The van der Waals surface area contributed by atoms with Crippen molar-refractivity contribution in [2.45, 2.75) is 0 Å². The van der Waals surface area contributed by atoms with Gasteiger partial charge in [0.2, 0.25) is 0 Å². The molecule has 0 N–H and O–H groups in total. The van der Waals surface area contributed by atoms with E-state index in [1.165, 1.54) is 0 Å². The lowest BCUT2D eigenvalue weighted by Crippen LogP contribution is -2.23. The number of carbonyl (C=O) groups excluding carboxylic acids is 3. The maximum Gasteiger partial charge on any atom is 0.375 e. The van der Waals surface area contributed by atoms with E-state index < -0.39 is 17.7 Å². The van der Waals surface area contributed by atoms with Crippen molar-refractivity contribution in [2.24, 2.45) is 5.92 Å². The molecule has 0 saturated carbocycles. The topological polar surface area (TPSA) is 60.4 Å². The van der Waals surface area contributed by atoms with Crippen molar-refractivity contribution in [3.63, 3.8) is 0 Å². The lowest BCUT2D eigenvalue weighted by Gasteiger charge is -2.02. The summed E-state index contributed by atoms with van der Waals surface area (Å²) in [5.74, 6) is -2.97. The second-order valence-electron chi connectivity index (χ2n) is 3.25. The van der Waals surface area contributed by atoms with Crippen molar-refractivity contribution in [3.05, 3.63) is 35.9 Å². The first-order valence-corrected chi connectivity index (χ1v) is 4.50. The van der Waals surface area contributed by atoms with Crippen LogP contribution in [0.3, 0.4) is 0 Å². The van der Waals surface area contributed by atoms with E-state index in [1.54, 1.807) is 30.3 Å². The number of cyclic esters (lactones) is 1. The van der Waals surface area contributed by atoms with Gasteiger partial charge in [0.05, 0.1) is 0 Å². The molecule has 0 amide bonds. The van der Waals surface area contributed by atoms with Crippen LogP contribution in [-0.2, 0) is 14.3 Å². The quantitative estimate of drug-likeness (QED) is 0.306. The zero-order chi connectivity index (χ0) is 10.8. The van der Waals surface area contributed by atoms with Crippen LogP contribution in [0.15, 0.2) is 30.3 Å². The van der Waals surface area contributed by atoms with E-state index in [4.69, 9.17) is 0 Å². The van der Waals surface area contributed by atoms with Crippen LogP contribution in [0, 0.1) is 5.92 Å². The van der Waals surface area contributed by atoms with Crippen molar-refractivity contribution in [1.29, 1.82) is 0 Å². The van der Waals surface area contributed by atoms with E-state index in [0.29, 0.717) is 5.56 Å². The summed E-state index contributed by atoms with van der Waals surface area (Å²) >= 11 is 0. The second kappa shape index (κ2) is 3.65. The minimum atomic E-state index is -0.958. The zero-order valence-electron chi connectivity index (χ0n) is 7.80. The van der Waals surface area contributed by atoms with Crippen LogP contribution in [0.4, 0.5) is 0 Å². The van der Waals surface area contributed by atoms with Crippen LogP contribution in [0.5, 0.6) is 0 Å². The summed E-state index contributed by atoms with van der Waals surface area (Å²) in [5.41, 5.74) is 0.425. The molecule has 4 nitrogen and oxygen atoms in total. The number of ketones is 2. The number of hydrogen-bond acceptors (Lipinski definition) is 4. The van der Waals surface area contributed by atoms with Crippen LogP contribution < -0.4 is 0 Å². The number of hydrogen-bond donors (Lipinski definition) is 0. The maximum atomic E-state index is 11.7. The van der Waals surface area contributed by atoms with E-state index in [0.717, 1.165) is 0 Å². The minimum absolute atomic E-state index is 0.134. The number of carbonyl (C=O) groups is 3. The average Bonchev–Trinajstić information content (AvgIpc) is 2.60. The second-order valence-corrected chi connectivity index (χ2v) is 3.25. The van der Waals surface area contributed by atoms with Gasteiger partial charge in [-0.3, -0.25) is 9.59 Å². The minimum Gasteiger partial charge on any atom is -0.459 e. The van der Waals surface area contributed by atoms with E-state index in [1.807, 2.05) is 0 Å². The Bertz CT molecular complexity index is 421. The predicted molar refractivity (Wildman–Crippen MR) is 50.2 cm³/mol. The van der Waals surface area contributed by atoms with Gasteiger partial charge >= 0.3 is 5.97 Å². The average molecular weight is 204 g/mol. The van der Waals surface area contributed by atoms with Gasteiger partial charge in [-0.2, -0.15) is 0 Å². The van der Waals surface area contributed by atoms with Crippen molar-refractivity contribution >= 4 is 17.5 Å². The molecule has 0 spiro atoms. The predicted octanol–water partition coefficient (Wildman–Crippen LogP) is 0.611. The van der Waals surface area contributed by atoms with E-state index >= 15 is 0 Å². The molecular weight excluding hydrogens is 196 g/mol. The third-order valence-electron chi connectivity index (χ3n) is 2.27. The highest BCUT2D eigenvalue weighted by Gasteiger charge is 2.39. The first-order chi connectivity index (χ1) is 7.20. The SMILES string of the molecule is O=C1OCC(C(=O)c2ccccc2)C1=O. The van der Waals surface area contributed by atoms with Crippen molar-refractivity contribution in [1.82, 2.24) is 0 Å². The molecule has 0 bridgehead atoms. The standard InChI is InChI=1S/C11H8O4/c12-9(7-4-2-1-3-5-7)8-6-15-11(14)10(8)13/h1-5,8H,6H2. The Balaban J connectivity index is 2.23. The Morgan fingerprint density at radius 2 is 1.87 bits per heavy atom. The Morgan fingerprint density at radius 3 is 2.40 bits per heavy atom. The Morgan fingerprint density at radius 1 is 1.20 bits per heavy atom. The Hall–Kier alpha value is -1.97. The lowest BCUT2D eigenvalue weighted by molar-refractivity contribution is -0.147. The summed E-state index contributed by atoms with van der Waals surface area (Å²) in [5, 5.41) is 0. The summed E-state index contributed by atoms with van der Waals surface area (Å²) < 4.78 is 4.51. The van der Waals surface area contributed by atoms with E-state index in [2.05, 4.69) is 4.74 Å². The molecule has 1 aromatic carbocycles. The van der Waals surface area contributed by atoms with E-state index in [9.17, 15) is 14.4 Å².